The van der Waals surface area contributed by atoms with Crippen LogP contribution in [0.4, 0.5) is 4.39 Å². The van der Waals surface area contributed by atoms with Crippen LogP contribution in [0.2, 0.25) is 0 Å². The Morgan fingerprint density at radius 3 is 2.80 bits per heavy atom. The number of nitrogens with one attached hydrogen (secondary N) is 1. The summed E-state index contributed by atoms with van der Waals surface area (Å²) >= 11 is 0. The highest BCUT2D eigenvalue weighted by Crippen LogP contribution is 2.35. The van der Waals surface area contributed by atoms with E-state index in [1.807, 2.05) is 12.3 Å². The quantitative estimate of drug-likeness (QED) is 0.843. The van der Waals surface area contributed by atoms with Crippen LogP contribution in [0.15, 0.2) is 48.8 Å². The van der Waals surface area contributed by atoms with Crippen molar-refractivity contribution in [2.75, 3.05) is 20.1 Å². The van der Waals surface area contributed by atoms with E-state index in [-0.39, 0.29) is 11.9 Å². The van der Waals surface area contributed by atoms with Crippen molar-refractivity contribution in [3.8, 4) is 0 Å². The number of benzene rings is 1. The lowest BCUT2D eigenvalue weighted by molar-refractivity contribution is -0.120. The standard InChI is InChI=1S/C19H23FN4O/c1-24-10-8-15(18(24)14-3-2-9-22-11-14)12-23-17(19(21)25)13-4-6-16(20)7-5-13/h2-7,9,11,15,17-18,23H,8,10,12H2,1H3,(H2,21,25)/t15-,17+,18-/m0/s1. The molecule has 0 spiro atoms. The molecule has 1 aliphatic heterocycles. The van der Waals surface area contributed by atoms with Gasteiger partial charge in [0.1, 0.15) is 11.9 Å². The van der Waals surface area contributed by atoms with Gasteiger partial charge in [-0.15, -0.1) is 0 Å². The first kappa shape index (κ1) is 17.5. The van der Waals surface area contributed by atoms with Gasteiger partial charge in [-0.2, -0.15) is 0 Å². The van der Waals surface area contributed by atoms with Crippen LogP contribution in [-0.2, 0) is 4.79 Å². The second-order valence-corrected chi connectivity index (χ2v) is 6.56. The lowest BCUT2D eigenvalue weighted by atomic mass is 9.94. The summed E-state index contributed by atoms with van der Waals surface area (Å²) in [6.45, 7) is 1.64. The Balaban J connectivity index is 1.72. The molecular weight excluding hydrogens is 319 g/mol. The fourth-order valence-electron chi connectivity index (χ4n) is 3.62. The minimum absolute atomic E-state index is 0.253. The molecule has 0 aliphatic carbocycles. The van der Waals surface area contributed by atoms with Gasteiger partial charge in [0.05, 0.1) is 0 Å². The molecule has 1 aromatic carbocycles. The number of likely N-dealkylation sites (tertiary alicyclic amines) is 1. The molecule has 0 radical (unpaired) electrons. The van der Waals surface area contributed by atoms with Crippen molar-refractivity contribution in [2.24, 2.45) is 11.7 Å². The number of primary amides is 1. The van der Waals surface area contributed by atoms with Gasteiger partial charge in [-0.1, -0.05) is 18.2 Å². The normalized spacial score (nSPS) is 22.0. The summed E-state index contributed by atoms with van der Waals surface area (Å²) < 4.78 is 13.1. The SMILES string of the molecule is CN1CC[C@@H](CN[C@@H](C(N)=O)c2ccc(F)cc2)[C@@H]1c1cccnc1. The fourth-order valence-corrected chi connectivity index (χ4v) is 3.62. The first-order chi connectivity index (χ1) is 12.1. The molecule has 0 unspecified atom stereocenters. The van der Waals surface area contributed by atoms with Gasteiger partial charge in [0.2, 0.25) is 5.91 Å². The lowest BCUT2D eigenvalue weighted by Crippen LogP contribution is -2.37. The molecule has 2 heterocycles. The Hall–Kier alpha value is -2.31. The number of carbonyl (C=O) groups is 1. The summed E-state index contributed by atoms with van der Waals surface area (Å²) in [5.74, 6) is -0.451. The molecule has 2 aromatic rings. The van der Waals surface area contributed by atoms with E-state index in [0.29, 0.717) is 18.0 Å². The van der Waals surface area contributed by atoms with Crippen LogP contribution in [0.5, 0.6) is 0 Å². The van der Waals surface area contributed by atoms with Crippen molar-refractivity contribution < 1.29 is 9.18 Å². The van der Waals surface area contributed by atoms with Crippen LogP contribution in [0, 0.1) is 11.7 Å². The van der Waals surface area contributed by atoms with Crippen LogP contribution in [0.3, 0.4) is 0 Å². The molecule has 132 valence electrons. The molecule has 6 heteroatoms. The molecule has 1 fully saturated rings. The van der Waals surface area contributed by atoms with E-state index < -0.39 is 11.9 Å². The third-order valence-electron chi connectivity index (χ3n) is 4.87. The Morgan fingerprint density at radius 1 is 1.40 bits per heavy atom. The van der Waals surface area contributed by atoms with Gasteiger partial charge >= 0.3 is 0 Å². The van der Waals surface area contributed by atoms with Crippen molar-refractivity contribution in [1.29, 1.82) is 0 Å². The highest BCUT2D eigenvalue weighted by molar-refractivity contribution is 5.81. The topological polar surface area (TPSA) is 71.2 Å². The zero-order valence-corrected chi connectivity index (χ0v) is 14.2. The third-order valence-corrected chi connectivity index (χ3v) is 4.87. The number of pyridine rings is 1. The number of nitrogens with two attached hydrogens (primary N) is 1. The first-order valence-corrected chi connectivity index (χ1v) is 8.44. The maximum absolute atomic E-state index is 13.1. The zero-order valence-electron chi connectivity index (χ0n) is 14.2. The van der Waals surface area contributed by atoms with Crippen LogP contribution < -0.4 is 11.1 Å². The monoisotopic (exact) mass is 342 g/mol. The van der Waals surface area contributed by atoms with Crippen molar-refractivity contribution in [3.05, 3.63) is 65.7 Å². The predicted octanol–water partition coefficient (Wildman–Crippen LogP) is 2.03. The molecule has 1 saturated heterocycles. The Labute approximate surface area is 147 Å². The van der Waals surface area contributed by atoms with Gasteiger partial charge in [0.25, 0.3) is 0 Å². The number of hydrogen-bond donors (Lipinski definition) is 2. The summed E-state index contributed by atoms with van der Waals surface area (Å²) in [5.41, 5.74) is 7.40. The van der Waals surface area contributed by atoms with E-state index in [1.165, 1.54) is 17.7 Å². The van der Waals surface area contributed by atoms with E-state index in [4.69, 9.17) is 5.73 Å². The fraction of sp³-hybridized carbons (Fsp3) is 0.368. The van der Waals surface area contributed by atoms with Crippen LogP contribution in [0.25, 0.3) is 0 Å². The molecule has 3 rings (SSSR count). The first-order valence-electron chi connectivity index (χ1n) is 8.44. The van der Waals surface area contributed by atoms with Crippen molar-refractivity contribution in [2.45, 2.75) is 18.5 Å². The van der Waals surface area contributed by atoms with Crippen LogP contribution in [-0.4, -0.2) is 35.9 Å². The van der Waals surface area contributed by atoms with Gasteiger partial charge < -0.3 is 11.1 Å². The average Bonchev–Trinajstić information content (AvgIpc) is 2.98. The minimum Gasteiger partial charge on any atom is -0.368 e. The number of hydrogen-bond acceptors (Lipinski definition) is 4. The van der Waals surface area contributed by atoms with E-state index >= 15 is 0 Å². The van der Waals surface area contributed by atoms with Crippen molar-refractivity contribution >= 4 is 5.91 Å². The van der Waals surface area contributed by atoms with Gasteiger partial charge in [0.15, 0.2) is 0 Å². The van der Waals surface area contributed by atoms with E-state index in [0.717, 1.165) is 13.0 Å². The Morgan fingerprint density at radius 2 is 2.16 bits per heavy atom. The van der Waals surface area contributed by atoms with Crippen molar-refractivity contribution in [3.63, 3.8) is 0 Å². The lowest BCUT2D eigenvalue weighted by Gasteiger charge is -2.27. The summed E-state index contributed by atoms with van der Waals surface area (Å²) in [5, 5.41) is 3.27. The maximum Gasteiger partial charge on any atom is 0.239 e. The second-order valence-electron chi connectivity index (χ2n) is 6.56. The molecule has 0 bridgehead atoms. The average molecular weight is 342 g/mol. The Kier molecular flexibility index (Phi) is 5.40. The molecule has 25 heavy (non-hydrogen) atoms. The maximum atomic E-state index is 13.1. The molecule has 3 N–H and O–H groups in total. The van der Waals surface area contributed by atoms with Crippen molar-refractivity contribution in [1.82, 2.24) is 15.2 Å². The third kappa shape index (κ3) is 4.03. The number of aromatic nitrogens is 1. The van der Waals surface area contributed by atoms with Crippen LogP contribution in [0.1, 0.15) is 29.6 Å². The van der Waals surface area contributed by atoms with Gasteiger partial charge in [0, 0.05) is 25.0 Å². The highest BCUT2D eigenvalue weighted by Gasteiger charge is 2.33. The highest BCUT2D eigenvalue weighted by atomic mass is 19.1. The zero-order chi connectivity index (χ0) is 17.8. The summed E-state index contributed by atoms with van der Waals surface area (Å²) in [4.78, 5) is 18.4. The molecule has 1 aromatic heterocycles. The summed E-state index contributed by atoms with van der Waals surface area (Å²) in [6.07, 6.45) is 4.69. The number of rotatable bonds is 6. The van der Waals surface area contributed by atoms with Gasteiger partial charge in [-0.05, 0) is 55.3 Å². The molecule has 3 atom stereocenters. The number of carbonyl (C=O) groups excluding carboxylic acids is 1. The smallest absolute Gasteiger partial charge is 0.239 e. The number of amides is 1. The minimum atomic E-state index is -0.624. The van der Waals surface area contributed by atoms with Gasteiger partial charge in [-0.3, -0.25) is 14.7 Å². The molecular formula is C19H23FN4O. The second kappa shape index (κ2) is 7.72. The van der Waals surface area contributed by atoms with E-state index in [2.05, 4.69) is 28.3 Å². The van der Waals surface area contributed by atoms with Gasteiger partial charge in [-0.25, -0.2) is 4.39 Å². The van der Waals surface area contributed by atoms with E-state index in [9.17, 15) is 9.18 Å². The Bertz CT molecular complexity index is 707. The molecule has 1 amide bonds. The largest absolute Gasteiger partial charge is 0.368 e. The molecule has 1 aliphatic rings. The van der Waals surface area contributed by atoms with E-state index in [1.54, 1.807) is 18.3 Å². The predicted molar refractivity (Wildman–Crippen MR) is 94.1 cm³/mol. The summed E-state index contributed by atoms with van der Waals surface area (Å²) in [6, 6.07) is 9.52. The molecule has 0 saturated carbocycles. The summed E-state index contributed by atoms with van der Waals surface area (Å²) in [7, 11) is 2.10. The number of halogens is 1. The van der Waals surface area contributed by atoms with Crippen LogP contribution >= 0.6 is 0 Å². The number of nitrogens with zero attached hydrogens (tertiary/aromatic N) is 2. The molecule has 5 nitrogen and oxygen atoms in total.